The highest BCUT2D eigenvalue weighted by atomic mass is 16.3. The number of aliphatic hydroxyl groups is 1. The molecular formula is C25H29N3O2. The van der Waals surface area contributed by atoms with Gasteiger partial charge in [0.05, 0.1) is 11.8 Å². The summed E-state index contributed by atoms with van der Waals surface area (Å²) < 4.78 is 0. The van der Waals surface area contributed by atoms with Crippen molar-refractivity contribution in [1.29, 1.82) is 0 Å². The summed E-state index contributed by atoms with van der Waals surface area (Å²) in [5.41, 5.74) is 6.64. The average molecular weight is 404 g/mol. The molecule has 0 radical (unpaired) electrons. The van der Waals surface area contributed by atoms with Gasteiger partial charge in [0.15, 0.2) is 5.78 Å². The van der Waals surface area contributed by atoms with Crippen molar-refractivity contribution in [3.63, 3.8) is 0 Å². The van der Waals surface area contributed by atoms with Gasteiger partial charge in [-0.3, -0.25) is 19.7 Å². The zero-order chi connectivity index (χ0) is 20.1. The van der Waals surface area contributed by atoms with Gasteiger partial charge in [0.2, 0.25) is 0 Å². The van der Waals surface area contributed by atoms with Crippen LogP contribution in [-0.2, 0) is 25.7 Å². The molecule has 0 spiro atoms. The van der Waals surface area contributed by atoms with Gasteiger partial charge in [-0.15, -0.1) is 0 Å². The SMILES string of the molecule is C.O=C1CCc2ncccc21.O[C@@H]1CCc2ncccc21.c1cnc2c(c1)CCC2. The molecule has 156 valence electrons. The highest BCUT2D eigenvalue weighted by Gasteiger charge is 2.20. The van der Waals surface area contributed by atoms with Crippen LogP contribution in [0.25, 0.3) is 0 Å². The first-order valence-corrected chi connectivity index (χ1v) is 10.2. The maximum absolute atomic E-state index is 11.0. The Morgan fingerprint density at radius 1 is 0.767 bits per heavy atom. The molecular weight excluding hydrogens is 374 g/mol. The Morgan fingerprint density at radius 3 is 2.20 bits per heavy atom. The fourth-order valence-electron chi connectivity index (χ4n) is 4.02. The number of rotatable bonds is 0. The molecule has 3 aromatic heterocycles. The minimum Gasteiger partial charge on any atom is -0.388 e. The zero-order valence-corrected chi connectivity index (χ0v) is 16.4. The van der Waals surface area contributed by atoms with E-state index in [0.717, 1.165) is 41.8 Å². The first-order valence-electron chi connectivity index (χ1n) is 10.2. The predicted octanol–water partition coefficient (Wildman–Crippen LogP) is 4.48. The van der Waals surface area contributed by atoms with Crippen LogP contribution in [0.15, 0.2) is 55.0 Å². The van der Waals surface area contributed by atoms with Crippen molar-refractivity contribution >= 4 is 5.78 Å². The minimum absolute atomic E-state index is 0. The third kappa shape index (κ3) is 4.97. The van der Waals surface area contributed by atoms with Crippen molar-refractivity contribution in [2.45, 2.75) is 58.5 Å². The van der Waals surface area contributed by atoms with Crippen molar-refractivity contribution in [3.8, 4) is 0 Å². The van der Waals surface area contributed by atoms with Gasteiger partial charge >= 0.3 is 0 Å². The zero-order valence-electron chi connectivity index (χ0n) is 16.4. The number of carbonyl (C=O) groups excluding carboxylic acids is 1. The third-order valence-electron chi connectivity index (χ3n) is 5.56. The van der Waals surface area contributed by atoms with Gasteiger partial charge in [0, 0.05) is 47.5 Å². The summed E-state index contributed by atoms with van der Waals surface area (Å²) >= 11 is 0. The first-order chi connectivity index (χ1) is 14.2. The van der Waals surface area contributed by atoms with Crippen LogP contribution in [0.2, 0.25) is 0 Å². The molecule has 1 N–H and O–H groups in total. The van der Waals surface area contributed by atoms with Gasteiger partial charge in [-0.1, -0.05) is 19.6 Å². The van der Waals surface area contributed by atoms with Crippen LogP contribution in [0, 0.1) is 0 Å². The van der Waals surface area contributed by atoms with Crippen molar-refractivity contribution in [2.24, 2.45) is 0 Å². The largest absolute Gasteiger partial charge is 0.388 e. The van der Waals surface area contributed by atoms with Gasteiger partial charge in [0.25, 0.3) is 0 Å². The van der Waals surface area contributed by atoms with Crippen LogP contribution >= 0.6 is 0 Å². The van der Waals surface area contributed by atoms with E-state index in [2.05, 4.69) is 21.0 Å². The van der Waals surface area contributed by atoms with Crippen LogP contribution < -0.4 is 0 Å². The number of pyridine rings is 3. The Bertz CT molecular complexity index is 980. The Morgan fingerprint density at radius 2 is 1.47 bits per heavy atom. The Labute approximate surface area is 178 Å². The Balaban J connectivity index is 0.000000126. The molecule has 3 aliphatic rings. The van der Waals surface area contributed by atoms with Gasteiger partial charge < -0.3 is 5.11 Å². The number of nitrogens with zero attached hydrogens (tertiary/aromatic N) is 3. The lowest BCUT2D eigenvalue weighted by Gasteiger charge is -1.99. The second-order valence-corrected chi connectivity index (χ2v) is 7.48. The normalized spacial score (nSPS) is 17.4. The molecule has 3 aromatic rings. The molecule has 0 aliphatic heterocycles. The molecule has 0 bridgehead atoms. The Kier molecular flexibility index (Phi) is 7.41. The highest BCUT2D eigenvalue weighted by Crippen LogP contribution is 2.28. The van der Waals surface area contributed by atoms with Gasteiger partial charge in [-0.2, -0.15) is 0 Å². The van der Waals surface area contributed by atoms with E-state index in [9.17, 15) is 9.90 Å². The summed E-state index contributed by atoms with van der Waals surface area (Å²) in [5, 5.41) is 9.34. The molecule has 0 amide bonds. The van der Waals surface area contributed by atoms with Crippen LogP contribution in [0.4, 0.5) is 0 Å². The van der Waals surface area contributed by atoms with E-state index >= 15 is 0 Å². The fraction of sp³-hybridized carbons (Fsp3) is 0.360. The summed E-state index contributed by atoms with van der Waals surface area (Å²) in [5.74, 6) is 0.239. The molecule has 0 saturated heterocycles. The number of aryl methyl sites for hydroxylation is 4. The number of carbonyl (C=O) groups is 1. The molecule has 0 fully saturated rings. The number of fused-ring (bicyclic) bond motifs is 3. The van der Waals surface area contributed by atoms with Crippen LogP contribution in [-0.4, -0.2) is 25.8 Å². The van der Waals surface area contributed by atoms with E-state index in [1.54, 1.807) is 12.4 Å². The van der Waals surface area contributed by atoms with E-state index in [1.807, 2.05) is 36.5 Å². The molecule has 30 heavy (non-hydrogen) atoms. The molecule has 3 aliphatic carbocycles. The summed E-state index contributed by atoms with van der Waals surface area (Å²) in [4.78, 5) is 23.5. The number of hydrogen-bond donors (Lipinski definition) is 1. The number of Topliss-reactive ketones (excluding diaryl/α,β-unsaturated/α-hetero) is 1. The standard InChI is InChI=1S/C8H9NO.C8H7NO.C8H9N.CH4/c2*10-8-4-3-7-6(8)2-1-5-9-7;1-3-7-4-2-6-9-8(7)5-1;/h1-2,5,8,10H,3-4H2;1-2,5H,3-4H2;2,4,6H,1,3,5H2;1H4/t8-;;;/m1.../s1. The van der Waals surface area contributed by atoms with Crippen LogP contribution in [0.1, 0.15) is 71.4 Å². The molecule has 0 unspecified atom stereocenters. The predicted molar refractivity (Wildman–Crippen MR) is 117 cm³/mol. The van der Waals surface area contributed by atoms with Crippen LogP contribution in [0.5, 0.6) is 0 Å². The number of hydrogen-bond acceptors (Lipinski definition) is 5. The monoisotopic (exact) mass is 403 g/mol. The van der Waals surface area contributed by atoms with Crippen molar-refractivity contribution < 1.29 is 9.90 Å². The maximum Gasteiger partial charge on any atom is 0.165 e. The van der Waals surface area contributed by atoms with E-state index in [4.69, 9.17) is 0 Å². The van der Waals surface area contributed by atoms with E-state index in [1.165, 1.54) is 30.5 Å². The molecule has 5 nitrogen and oxygen atoms in total. The lowest BCUT2D eigenvalue weighted by molar-refractivity contribution is 0.0994. The minimum atomic E-state index is -0.260. The molecule has 3 heterocycles. The topological polar surface area (TPSA) is 76.0 Å². The van der Waals surface area contributed by atoms with Gasteiger partial charge in [-0.05, 0) is 68.4 Å². The number of aromatic nitrogens is 3. The molecule has 1 atom stereocenters. The summed E-state index contributed by atoms with van der Waals surface area (Å²) in [7, 11) is 0. The van der Waals surface area contributed by atoms with Gasteiger partial charge in [-0.25, -0.2) is 0 Å². The average Bonchev–Trinajstić information content (AvgIpc) is 3.49. The molecule has 0 aromatic carbocycles. The Hall–Kier alpha value is -2.92. The van der Waals surface area contributed by atoms with Crippen molar-refractivity contribution in [2.75, 3.05) is 0 Å². The summed E-state index contributed by atoms with van der Waals surface area (Å²) in [6.07, 6.45) is 12.1. The quantitative estimate of drug-likeness (QED) is 0.599. The van der Waals surface area contributed by atoms with Crippen LogP contribution in [0.3, 0.4) is 0 Å². The lowest BCUT2D eigenvalue weighted by atomic mass is 10.2. The molecule has 0 saturated carbocycles. The van der Waals surface area contributed by atoms with Crippen molar-refractivity contribution in [3.05, 3.63) is 88.8 Å². The second kappa shape index (κ2) is 10.2. The van der Waals surface area contributed by atoms with Gasteiger partial charge in [0.1, 0.15) is 0 Å². The summed E-state index contributed by atoms with van der Waals surface area (Å²) in [6.45, 7) is 0. The first kappa shape index (κ1) is 21.8. The lowest BCUT2D eigenvalue weighted by Crippen LogP contribution is -1.90. The molecule has 6 rings (SSSR count). The van der Waals surface area contributed by atoms with E-state index in [-0.39, 0.29) is 19.3 Å². The van der Waals surface area contributed by atoms with E-state index < -0.39 is 0 Å². The van der Waals surface area contributed by atoms with E-state index in [0.29, 0.717) is 6.42 Å². The smallest absolute Gasteiger partial charge is 0.165 e. The third-order valence-corrected chi connectivity index (χ3v) is 5.56. The number of aliphatic hydroxyl groups excluding tert-OH is 1. The summed E-state index contributed by atoms with van der Waals surface area (Å²) in [6, 6.07) is 11.7. The fourth-order valence-corrected chi connectivity index (χ4v) is 4.02. The maximum atomic E-state index is 11.0. The highest BCUT2D eigenvalue weighted by molar-refractivity contribution is 5.99. The number of ketones is 1. The second-order valence-electron chi connectivity index (χ2n) is 7.48. The molecule has 5 heteroatoms. The van der Waals surface area contributed by atoms with Crippen molar-refractivity contribution in [1.82, 2.24) is 15.0 Å².